The third-order valence-electron chi connectivity index (χ3n) is 5.47. The first-order chi connectivity index (χ1) is 11.4. The van der Waals surface area contributed by atoms with Crippen molar-refractivity contribution in [3.63, 3.8) is 0 Å². The van der Waals surface area contributed by atoms with Gasteiger partial charge >= 0.3 is 0 Å². The van der Waals surface area contributed by atoms with Crippen LogP contribution in [0, 0.1) is 0 Å². The lowest BCUT2D eigenvalue weighted by Gasteiger charge is -2.31. The van der Waals surface area contributed by atoms with Crippen LogP contribution in [0.15, 0.2) is 29.4 Å². The highest BCUT2D eigenvalue weighted by Gasteiger charge is 2.29. The molecular weight excluding hydrogens is 284 g/mol. The van der Waals surface area contributed by atoms with E-state index in [9.17, 15) is 5.21 Å². The molecule has 3 rings (SSSR count). The summed E-state index contributed by atoms with van der Waals surface area (Å²) in [5.74, 6) is 0. The van der Waals surface area contributed by atoms with Crippen molar-refractivity contribution in [2.45, 2.75) is 76.7 Å². The van der Waals surface area contributed by atoms with E-state index in [-0.39, 0.29) is 6.04 Å². The van der Waals surface area contributed by atoms with Crippen LogP contribution in [0.3, 0.4) is 0 Å². The Balaban J connectivity index is 1.77. The second-order valence-corrected chi connectivity index (χ2v) is 7.05. The van der Waals surface area contributed by atoms with E-state index in [4.69, 9.17) is 0 Å². The minimum atomic E-state index is 0.281. The minimum absolute atomic E-state index is 0.281. The normalized spacial score (nSPS) is 25.7. The molecule has 0 bridgehead atoms. The number of fused-ring (bicyclic) bond motifs is 1. The summed E-state index contributed by atoms with van der Waals surface area (Å²) in [6.45, 7) is 1.06. The van der Waals surface area contributed by atoms with E-state index in [0.29, 0.717) is 0 Å². The van der Waals surface area contributed by atoms with Crippen LogP contribution in [-0.4, -0.2) is 23.5 Å². The molecule has 1 aromatic carbocycles. The summed E-state index contributed by atoms with van der Waals surface area (Å²) in [5.41, 5.74) is 3.80. The number of para-hydroxylation sites is 1. The van der Waals surface area contributed by atoms with Crippen molar-refractivity contribution in [1.29, 1.82) is 0 Å². The third kappa shape index (κ3) is 4.07. The molecule has 1 aromatic rings. The van der Waals surface area contributed by atoms with Crippen molar-refractivity contribution in [3.8, 4) is 0 Å². The van der Waals surface area contributed by atoms with E-state index in [1.807, 2.05) is 0 Å². The molecule has 1 atom stereocenters. The van der Waals surface area contributed by atoms with Gasteiger partial charge in [0.2, 0.25) is 0 Å². The van der Waals surface area contributed by atoms with E-state index < -0.39 is 0 Å². The standard InChI is InChI=1S/C20H30N2O/c23-21-18-12-7-5-3-1-2-4-6-8-14-20(18)22-16-15-17-11-9-10-13-19(17)22/h9-11,13,20,23H,1-8,12,14-16H2. The molecule has 0 spiro atoms. The summed E-state index contributed by atoms with van der Waals surface area (Å²) in [6, 6.07) is 9.00. The molecule has 0 aromatic heterocycles. The average Bonchev–Trinajstić information content (AvgIpc) is 2.99. The van der Waals surface area contributed by atoms with E-state index in [1.165, 1.54) is 56.2 Å². The number of rotatable bonds is 1. The molecule has 1 saturated carbocycles. The van der Waals surface area contributed by atoms with E-state index in [1.54, 1.807) is 0 Å². The van der Waals surface area contributed by atoms with Crippen molar-refractivity contribution in [1.82, 2.24) is 0 Å². The third-order valence-corrected chi connectivity index (χ3v) is 5.47. The molecule has 3 nitrogen and oxygen atoms in total. The first-order valence-electron chi connectivity index (χ1n) is 9.45. The number of oxime groups is 1. The van der Waals surface area contributed by atoms with Crippen molar-refractivity contribution in [3.05, 3.63) is 29.8 Å². The second kappa shape index (κ2) is 8.37. The molecule has 1 unspecified atom stereocenters. The topological polar surface area (TPSA) is 35.8 Å². The Bertz CT molecular complexity index is 526. The van der Waals surface area contributed by atoms with Crippen LogP contribution in [0.4, 0.5) is 5.69 Å². The first-order valence-corrected chi connectivity index (χ1v) is 9.45. The van der Waals surface area contributed by atoms with Gasteiger partial charge in [-0.2, -0.15) is 0 Å². The molecule has 1 heterocycles. The van der Waals surface area contributed by atoms with Crippen molar-refractivity contribution >= 4 is 11.4 Å². The fourth-order valence-electron chi connectivity index (χ4n) is 4.18. The summed E-state index contributed by atoms with van der Waals surface area (Å²) in [4.78, 5) is 2.50. The first kappa shape index (κ1) is 16.4. The molecule has 2 aliphatic rings. The molecule has 23 heavy (non-hydrogen) atoms. The van der Waals surface area contributed by atoms with Gasteiger partial charge < -0.3 is 10.1 Å². The van der Waals surface area contributed by atoms with E-state index in [0.717, 1.165) is 37.9 Å². The van der Waals surface area contributed by atoms with Crippen LogP contribution in [0.1, 0.15) is 69.8 Å². The Hall–Kier alpha value is -1.51. The van der Waals surface area contributed by atoms with E-state index in [2.05, 4.69) is 34.3 Å². The van der Waals surface area contributed by atoms with Gasteiger partial charge in [-0.25, -0.2) is 0 Å². The maximum absolute atomic E-state index is 9.64. The highest BCUT2D eigenvalue weighted by atomic mass is 16.4. The van der Waals surface area contributed by atoms with Gasteiger partial charge in [0, 0.05) is 12.2 Å². The predicted octanol–water partition coefficient (Wildman–Crippen LogP) is 5.16. The zero-order valence-electron chi connectivity index (χ0n) is 14.2. The van der Waals surface area contributed by atoms with Gasteiger partial charge in [0.25, 0.3) is 0 Å². The van der Waals surface area contributed by atoms with Gasteiger partial charge in [-0.05, 0) is 37.3 Å². The van der Waals surface area contributed by atoms with Gasteiger partial charge in [-0.15, -0.1) is 0 Å². The van der Waals surface area contributed by atoms with Crippen molar-refractivity contribution in [2.24, 2.45) is 5.16 Å². The number of benzene rings is 1. The number of hydrogen-bond acceptors (Lipinski definition) is 3. The molecular formula is C20H30N2O. The van der Waals surface area contributed by atoms with E-state index >= 15 is 0 Å². The van der Waals surface area contributed by atoms with Crippen molar-refractivity contribution in [2.75, 3.05) is 11.4 Å². The molecule has 126 valence electrons. The quantitative estimate of drug-likeness (QED) is 0.574. The minimum Gasteiger partial charge on any atom is -0.411 e. The SMILES string of the molecule is ON=C1CCCCCCCCCCC1N1CCc2ccccc21. The molecule has 3 heteroatoms. The van der Waals surface area contributed by atoms with Crippen LogP contribution < -0.4 is 4.90 Å². The van der Waals surface area contributed by atoms with Crippen LogP contribution in [0.2, 0.25) is 0 Å². The Morgan fingerprint density at radius 3 is 2.35 bits per heavy atom. The number of hydrogen-bond donors (Lipinski definition) is 1. The zero-order chi connectivity index (χ0) is 15.9. The molecule has 1 fully saturated rings. The summed E-state index contributed by atoms with van der Waals surface area (Å²) in [7, 11) is 0. The lowest BCUT2D eigenvalue weighted by atomic mass is 9.95. The lowest BCUT2D eigenvalue weighted by Crippen LogP contribution is -2.40. The Morgan fingerprint density at radius 2 is 1.57 bits per heavy atom. The molecule has 1 aliphatic heterocycles. The molecule has 0 radical (unpaired) electrons. The van der Waals surface area contributed by atoms with Gasteiger partial charge in [0.05, 0.1) is 11.8 Å². The summed E-state index contributed by atoms with van der Waals surface area (Å²) >= 11 is 0. The Labute approximate surface area is 140 Å². The highest BCUT2D eigenvalue weighted by molar-refractivity contribution is 5.92. The molecule has 0 amide bonds. The smallest absolute Gasteiger partial charge is 0.0794 e. The van der Waals surface area contributed by atoms with Crippen LogP contribution >= 0.6 is 0 Å². The zero-order valence-corrected chi connectivity index (χ0v) is 14.2. The number of nitrogens with zero attached hydrogens (tertiary/aromatic N) is 2. The fraction of sp³-hybridized carbons (Fsp3) is 0.650. The highest BCUT2D eigenvalue weighted by Crippen LogP contribution is 2.32. The Morgan fingerprint density at radius 1 is 0.870 bits per heavy atom. The molecule has 0 saturated heterocycles. The van der Waals surface area contributed by atoms with Gasteiger partial charge in [0.1, 0.15) is 0 Å². The monoisotopic (exact) mass is 314 g/mol. The number of anilines is 1. The summed E-state index contributed by atoms with van der Waals surface area (Å²) in [5, 5.41) is 13.4. The Kier molecular flexibility index (Phi) is 5.95. The van der Waals surface area contributed by atoms with Gasteiger partial charge in [-0.1, -0.05) is 68.3 Å². The average molecular weight is 314 g/mol. The summed E-state index contributed by atoms with van der Waals surface area (Å²) < 4.78 is 0. The summed E-state index contributed by atoms with van der Waals surface area (Å²) in [6.07, 6.45) is 13.6. The van der Waals surface area contributed by atoms with Gasteiger partial charge in [0.15, 0.2) is 0 Å². The maximum Gasteiger partial charge on any atom is 0.0794 e. The van der Waals surface area contributed by atoms with Crippen LogP contribution in [0.5, 0.6) is 0 Å². The fourth-order valence-corrected chi connectivity index (χ4v) is 4.18. The maximum atomic E-state index is 9.64. The van der Waals surface area contributed by atoms with Crippen molar-refractivity contribution < 1.29 is 5.21 Å². The second-order valence-electron chi connectivity index (χ2n) is 7.05. The van der Waals surface area contributed by atoms with Crippen LogP contribution in [0.25, 0.3) is 0 Å². The lowest BCUT2D eigenvalue weighted by molar-refractivity contribution is 0.313. The largest absolute Gasteiger partial charge is 0.411 e. The predicted molar refractivity (Wildman–Crippen MR) is 96.7 cm³/mol. The molecule has 1 N–H and O–H groups in total. The van der Waals surface area contributed by atoms with Crippen LogP contribution in [-0.2, 0) is 6.42 Å². The van der Waals surface area contributed by atoms with Gasteiger partial charge in [-0.3, -0.25) is 0 Å². The molecule has 1 aliphatic carbocycles.